The molecular weight excluding hydrogens is 255 g/mol. The molecule has 98 valence electrons. The minimum absolute atomic E-state index is 0.0804. The van der Waals surface area contributed by atoms with E-state index in [0.29, 0.717) is 12.2 Å². The molecule has 5 heteroatoms. The van der Waals surface area contributed by atoms with Crippen molar-refractivity contribution in [3.8, 4) is 0 Å². The smallest absolute Gasteiger partial charge is 0.231 e. The number of nitrogens with one attached hydrogen (secondary N) is 2. The average Bonchev–Trinajstić information content (AvgIpc) is 2.33. The topological polar surface area (TPSA) is 41.1 Å². The van der Waals surface area contributed by atoms with Crippen LogP contribution in [0.3, 0.4) is 0 Å². The quantitative estimate of drug-likeness (QED) is 0.868. The van der Waals surface area contributed by atoms with E-state index in [0.717, 1.165) is 19.4 Å². The normalized spacial score (nSPS) is 23.7. The highest BCUT2D eigenvalue weighted by Gasteiger charge is 2.34. The van der Waals surface area contributed by atoms with Gasteiger partial charge in [-0.15, -0.1) is 0 Å². The minimum Gasteiger partial charge on any atom is -0.324 e. The molecule has 1 fully saturated rings. The maximum atomic E-state index is 12.9. The van der Waals surface area contributed by atoms with Gasteiger partial charge < -0.3 is 10.6 Å². The number of anilines is 1. The molecule has 0 spiro atoms. The zero-order valence-electron chi connectivity index (χ0n) is 10.2. The van der Waals surface area contributed by atoms with Gasteiger partial charge in [0.05, 0.1) is 16.1 Å². The summed E-state index contributed by atoms with van der Waals surface area (Å²) in [6.07, 6.45) is 1.81. The van der Waals surface area contributed by atoms with Crippen molar-refractivity contribution in [2.45, 2.75) is 19.8 Å². The van der Waals surface area contributed by atoms with Crippen LogP contribution in [0.5, 0.6) is 0 Å². The lowest BCUT2D eigenvalue weighted by molar-refractivity contribution is -0.125. The van der Waals surface area contributed by atoms with Crippen molar-refractivity contribution in [1.82, 2.24) is 5.32 Å². The molecule has 1 saturated heterocycles. The molecular formula is C13H16ClFN2O. The third-order valence-corrected chi connectivity index (χ3v) is 3.64. The SMILES string of the molecule is CC1(C(=O)Nc2ccc(F)cc2Cl)CCCNC1. The summed E-state index contributed by atoms with van der Waals surface area (Å²) in [7, 11) is 0. The van der Waals surface area contributed by atoms with Crippen molar-refractivity contribution in [3.05, 3.63) is 29.0 Å². The Hall–Kier alpha value is -1.13. The second-order valence-electron chi connectivity index (χ2n) is 4.92. The summed E-state index contributed by atoms with van der Waals surface area (Å²) in [5.74, 6) is -0.494. The Kier molecular flexibility index (Phi) is 3.88. The third kappa shape index (κ3) is 2.82. The Balaban J connectivity index is 2.11. The summed E-state index contributed by atoms with van der Waals surface area (Å²) >= 11 is 5.89. The molecule has 2 N–H and O–H groups in total. The highest BCUT2D eigenvalue weighted by molar-refractivity contribution is 6.33. The van der Waals surface area contributed by atoms with Crippen molar-refractivity contribution < 1.29 is 9.18 Å². The Bertz CT molecular complexity index is 458. The number of carbonyl (C=O) groups excluding carboxylic acids is 1. The number of rotatable bonds is 2. The van der Waals surface area contributed by atoms with Crippen molar-refractivity contribution >= 4 is 23.2 Å². The van der Waals surface area contributed by atoms with Gasteiger partial charge in [-0.2, -0.15) is 0 Å². The lowest BCUT2D eigenvalue weighted by Crippen LogP contribution is -2.46. The van der Waals surface area contributed by atoms with E-state index in [1.807, 2.05) is 6.92 Å². The number of carbonyl (C=O) groups is 1. The van der Waals surface area contributed by atoms with Gasteiger partial charge in [-0.05, 0) is 44.5 Å². The van der Waals surface area contributed by atoms with E-state index in [1.165, 1.54) is 18.2 Å². The molecule has 1 amide bonds. The lowest BCUT2D eigenvalue weighted by atomic mass is 9.82. The van der Waals surface area contributed by atoms with Gasteiger partial charge in [-0.1, -0.05) is 11.6 Å². The van der Waals surface area contributed by atoms with Crippen LogP contribution in [0.15, 0.2) is 18.2 Å². The summed E-state index contributed by atoms with van der Waals surface area (Å²) < 4.78 is 12.9. The molecule has 0 saturated carbocycles. The van der Waals surface area contributed by atoms with Crippen LogP contribution < -0.4 is 10.6 Å². The van der Waals surface area contributed by atoms with Crippen molar-refractivity contribution in [2.75, 3.05) is 18.4 Å². The van der Waals surface area contributed by atoms with Crippen molar-refractivity contribution in [3.63, 3.8) is 0 Å². The highest BCUT2D eigenvalue weighted by Crippen LogP contribution is 2.29. The van der Waals surface area contributed by atoms with Crippen LogP contribution >= 0.6 is 11.6 Å². The molecule has 3 nitrogen and oxygen atoms in total. The molecule has 2 rings (SSSR count). The van der Waals surface area contributed by atoms with Gasteiger partial charge in [0.15, 0.2) is 0 Å². The molecule has 0 bridgehead atoms. The highest BCUT2D eigenvalue weighted by atomic mass is 35.5. The second kappa shape index (κ2) is 5.24. The summed E-state index contributed by atoms with van der Waals surface area (Å²) in [6, 6.07) is 3.96. The van der Waals surface area contributed by atoms with Crippen LogP contribution in [0.4, 0.5) is 10.1 Å². The molecule has 1 aromatic rings. The number of halogens is 2. The fourth-order valence-corrected chi connectivity index (χ4v) is 2.33. The van der Waals surface area contributed by atoms with E-state index >= 15 is 0 Å². The summed E-state index contributed by atoms with van der Waals surface area (Å²) in [5, 5.41) is 6.20. The van der Waals surface area contributed by atoms with Crippen molar-refractivity contribution in [2.24, 2.45) is 5.41 Å². The third-order valence-electron chi connectivity index (χ3n) is 3.32. The van der Waals surface area contributed by atoms with E-state index in [2.05, 4.69) is 10.6 Å². The molecule has 18 heavy (non-hydrogen) atoms. The first-order valence-electron chi connectivity index (χ1n) is 5.98. The van der Waals surface area contributed by atoms with Crippen LogP contribution in [0, 0.1) is 11.2 Å². The van der Waals surface area contributed by atoms with E-state index in [1.54, 1.807) is 0 Å². The van der Waals surface area contributed by atoms with E-state index in [4.69, 9.17) is 11.6 Å². The maximum Gasteiger partial charge on any atom is 0.231 e. The molecule has 1 unspecified atom stereocenters. The molecule has 1 heterocycles. The predicted molar refractivity (Wildman–Crippen MR) is 70.3 cm³/mol. The predicted octanol–water partition coefficient (Wildman–Crippen LogP) is 2.81. The zero-order chi connectivity index (χ0) is 13.2. The average molecular weight is 271 g/mol. The molecule has 1 aliphatic heterocycles. The number of hydrogen-bond donors (Lipinski definition) is 2. The first-order valence-corrected chi connectivity index (χ1v) is 6.36. The van der Waals surface area contributed by atoms with Crippen LogP contribution in [-0.2, 0) is 4.79 Å². The number of benzene rings is 1. The molecule has 0 aliphatic carbocycles. The van der Waals surface area contributed by atoms with E-state index in [9.17, 15) is 9.18 Å². The second-order valence-corrected chi connectivity index (χ2v) is 5.33. The first kappa shape index (κ1) is 13.3. The van der Waals surface area contributed by atoms with Gasteiger partial charge in [-0.3, -0.25) is 4.79 Å². The number of hydrogen-bond acceptors (Lipinski definition) is 2. The van der Waals surface area contributed by atoms with Crippen molar-refractivity contribution in [1.29, 1.82) is 0 Å². The monoisotopic (exact) mass is 270 g/mol. The standard InChI is InChI=1S/C13H16ClFN2O/c1-13(5-2-6-16-8-13)12(18)17-11-4-3-9(15)7-10(11)14/h3-4,7,16H,2,5-6,8H2,1H3,(H,17,18). The van der Waals surface area contributed by atoms with Gasteiger partial charge >= 0.3 is 0 Å². The largest absolute Gasteiger partial charge is 0.324 e. The van der Waals surface area contributed by atoms with Crippen LogP contribution in [0.1, 0.15) is 19.8 Å². The zero-order valence-corrected chi connectivity index (χ0v) is 11.0. The van der Waals surface area contributed by atoms with E-state index in [-0.39, 0.29) is 10.9 Å². The summed E-state index contributed by atoms with van der Waals surface area (Å²) in [5.41, 5.74) is 0.0190. The number of amides is 1. The van der Waals surface area contributed by atoms with Crippen LogP contribution in [0.2, 0.25) is 5.02 Å². The van der Waals surface area contributed by atoms with Gasteiger partial charge in [0.2, 0.25) is 5.91 Å². The maximum absolute atomic E-state index is 12.9. The van der Waals surface area contributed by atoms with Gasteiger partial charge in [0.25, 0.3) is 0 Å². The Morgan fingerprint density at radius 3 is 2.94 bits per heavy atom. The first-order chi connectivity index (χ1) is 8.51. The van der Waals surface area contributed by atoms with Crippen LogP contribution in [-0.4, -0.2) is 19.0 Å². The summed E-state index contributed by atoms with van der Waals surface area (Å²) in [4.78, 5) is 12.2. The Morgan fingerprint density at radius 2 is 2.33 bits per heavy atom. The number of piperidine rings is 1. The minimum atomic E-state index is -0.435. The van der Waals surface area contributed by atoms with Gasteiger partial charge in [0, 0.05) is 6.54 Å². The van der Waals surface area contributed by atoms with E-state index < -0.39 is 11.2 Å². The fraction of sp³-hybridized carbons (Fsp3) is 0.462. The van der Waals surface area contributed by atoms with Gasteiger partial charge in [-0.25, -0.2) is 4.39 Å². The Labute approximate surface area is 111 Å². The molecule has 0 aromatic heterocycles. The molecule has 0 radical (unpaired) electrons. The molecule has 1 atom stereocenters. The lowest BCUT2D eigenvalue weighted by Gasteiger charge is -2.32. The fourth-order valence-electron chi connectivity index (χ4n) is 2.11. The molecule has 1 aromatic carbocycles. The Morgan fingerprint density at radius 1 is 1.56 bits per heavy atom. The van der Waals surface area contributed by atoms with Gasteiger partial charge in [0.1, 0.15) is 5.82 Å². The summed E-state index contributed by atoms with van der Waals surface area (Å²) in [6.45, 7) is 3.52. The van der Waals surface area contributed by atoms with Crippen LogP contribution in [0.25, 0.3) is 0 Å². The molecule has 1 aliphatic rings.